The van der Waals surface area contributed by atoms with E-state index in [0.717, 1.165) is 5.56 Å². The maximum absolute atomic E-state index is 10.6. The molecule has 0 aliphatic heterocycles. The number of hydrogen-bond donors (Lipinski definition) is 3. The highest BCUT2D eigenvalue weighted by Gasteiger charge is 2.05. The van der Waals surface area contributed by atoms with Crippen LogP contribution in [0.25, 0.3) is 0 Å². The van der Waals surface area contributed by atoms with Crippen LogP contribution < -0.4 is 11.1 Å². The Morgan fingerprint density at radius 1 is 1.47 bits per heavy atom. The summed E-state index contributed by atoms with van der Waals surface area (Å²) in [5.41, 5.74) is 7.52. The molecule has 17 heavy (non-hydrogen) atoms. The van der Waals surface area contributed by atoms with Crippen LogP contribution in [0.15, 0.2) is 36.7 Å². The van der Waals surface area contributed by atoms with Gasteiger partial charge in [0.2, 0.25) is 0 Å². The van der Waals surface area contributed by atoms with E-state index in [9.17, 15) is 4.79 Å². The minimum Gasteiger partial charge on any atom is -0.465 e. The summed E-state index contributed by atoms with van der Waals surface area (Å²) < 4.78 is 1.65. The van der Waals surface area contributed by atoms with Gasteiger partial charge in [-0.2, -0.15) is 5.10 Å². The van der Waals surface area contributed by atoms with Gasteiger partial charge in [0, 0.05) is 11.9 Å². The van der Waals surface area contributed by atoms with Crippen LogP contribution in [0.1, 0.15) is 5.56 Å². The zero-order valence-electron chi connectivity index (χ0n) is 9.00. The van der Waals surface area contributed by atoms with Crippen molar-refractivity contribution in [1.29, 1.82) is 0 Å². The van der Waals surface area contributed by atoms with Crippen molar-refractivity contribution in [3.8, 4) is 0 Å². The van der Waals surface area contributed by atoms with Crippen molar-refractivity contribution in [2.45, 2.75) is 6.54 Å². The van der Waals surface area contributed by atoms with E-state index in [1.807, 2.05) is 12.1 Å². The number of nitrogens with zero attached hydrogens (tertiary/aromatic N) is 2. The Morgan fingerprint density at radius 2 is 2.24 bits per heavy atom. The third-order valence-corrected chi connectivity index (χ3v) is 2.24. The van der Waals surface area contributed by atoms with E-state index in [1.54, 1.807) is 29.2 Å². The van der Waals surface area contributed by atoms with Crippen LogP contribution in [-0.4, -0.2) is 21.0 Å². The van der Waals surface area contributed by atoms with Crippen molar-refractivity contribution in [3.05, 3.63) is 42.2 Å². The molecule has 0 aliphatic rings. The predicted octanol–water partition coefficient (Wildman–Crippen LogP) is 1.60. The van der Waals surface area contributed by atoms with E-state index < -0.39 is 6.09 Å². The maximum atomic E-state index is 10.6. The van der Waals surface area contributed by atoms with E-state index in [1.165, 1.54) is 0 Å². The summed E-state index contributed by atoms with van der Waals surface area (Å²) in [6, 6.07) is 7.15. The van der Waals surface area contributed by atoms with Gasteiger partial charge in [0.15, 0.2) is 0 Å². The molecular weight excluding hydrogens is 220 g/mol. The molecule has 1 aromatic carbocycles. The Labute approximate surface area is 97.7 Å². The average Bonchev–Trinajstić information content (AvgIpc) is 2.66. The number of rotatable bonds is 3. The fraction of sp³-hybridized carbons (Fsp3) is 0.0909. The normalized spacial score (nSPS) is 10.1. The van der Waals surface area contributed by atoms with Gasteiger partial charge in [-0.1, -0.05) is 18.2 Å². The van der Waals surface area contributed by atoms with Crippen molar-refractivity contribution in [3.63, 3.8) is 0 Å². The maximum Gasteiger partial charge on any atom is 0.409 e. The van der Waals surface area contributed by atoms with E-state index in [0.29, 0.717) is 17.9 Å². The first-order valence-electron chi connectivity index (χ1n) is 5.01. The van der Waals surface area contributed by atoms with Gasteiger partial charge in [-0.3, -0.25) is 10.00 Å². The average molecular weight is 232 g/mol. The highest BCUT2D eigenvalue weighted by atomic mass is 16.4. The summed E-state index contributed by atoms with van der Waals surface area (Å²) in [7, 11) is 0. The molecule has 6 heteroatoms. The molecule has 4 N–H and O–H groups in total. The molecule has 6 nitrogen and oxygen atoms in total. The SMILES string of the molecule is Nc1cnn(Cc2ccccc2NC(=O)O)c1. The summed E-state index contributed by atoms with van der Waals surface area (Å²) in [6.07, 6.45) is 2.16. The first kappa shape index (κ1) is 11.0. The van der Waals surface area contributed by atoms with Gasteiger partial charge in [-0.25, -0.2) is 4.79 Å². The van der Waals surface area contributed by atoms with Crippen LogP contribution in [0, 0.1) is 0 Å². The molecule has 0 unspecified atom stereocenters. The van der Waals surface area contributed by atoms with Crippen molar-refractivity contribution in [1.82, 2.24) is 9.78 Å². The molecule has 0 saturated carbocycles. The van der Waals surface area contributed by atoms with Gasteiger partial charge < -0.3 is 10.8 Å². The molecule has 1 amide bonds. The number of nitrogens with two attached hydrogens (primary N) is 1. The third kappa shape index (κ3) is 2.75. The molecule has 0 aliphatic carbocycles. The van der Waals surface area contributed by atoms with E-state index >= 15 is 0 Å². The van der Waals surface area contributed by atoms with Gasteiger partial charge in [0.05, 0.1) is 18.4 Å². The monoisotopic (exact) mass is 232 g/mol. The Bertz CT molecular complexity index is 536. The quantitative estimate of drug-likeness (QED) is 0.749. The lowest BCUT2D eigenvalue weighted by Gasteiger charge is -2.08. The van der Waals surface area contributed by atoms with Crippen LogP contribution in [0.3, 0.4) is 0 Å². The van der Waals surface area contributed by atoms with Crippen LogP contribution in [0.5, 0.6) is 0 Å². The minimum atomic E-state index is -1.09. The first-order valence-corrected chi connectivity index (χ1v) is 5.01. The molecule has 0 bridgehead atoms. The predicted molar refractivity (Wildman–Crippen MR) is 63.8 cm³/mol. The number of hydrogen-bond acceptors (Lipinski definition) is 3. The first-order chi connectivity index (χ1) is 8.15. The highest BCUT2D eigenvalue weighted by Crippen LogP contribution is 2.16. The highest BCUT2D eigenvalue weighted by molar-refractivity contribution is 5.83. The second-order valence-corrected chi connectivity index (χ2v) is 3.56. The largest absolute Gasteiger partial charge is 0.465 e. The summed E-state index contributed by atoms with van der Waals surface area (Å²) in [5.74, 6) is 0. The van der Waals surface area contributed by atoms with Crippen molar-refractivity contribution in [2.75, 3.05) is 11.1 Å². The molecule has 88 valence electrons. The number of benzene rings is 1. The second kappa shape index (κ2) is 4.56. The van der Waals surface area contributed by atoms with E-state index in [2.05, 4.69) is 10.4 Å². The fourth-order valence-corrected chi connectivity index (χ4v) is 1.54. The second-order valence-electron chi connectivity index (χ2n) is 3.56. The van der Waals surface area contributed by atoms with Gasteiger partial charge in [0.25, 0.3) is 0 Å². The molecular formula is C11H12N4O2. The molecule has 2 aromatic rings. The molecule has 2 rings (SSSR count). The number of anilines is 2. The van der Waals surface area contributed by atoms with Crippen molar-refractivity contribution in [2.24, 2.45) is 0 Å². The molecule has 1 aromatic heterocycles. The smallest absolute Gasteiger partial charge is 0.409 e. The molecule has 0 atom stereocenters. The number of nitrogens with one attached hydrogen (secondary N) is 1. The van der Waals surface area contributed by atoms with Crippen LogP contribution in [0.2, 0.25) is 0 Å². The topological polar surface area (TPSA) is 93.2 Å². The van der Waals surface area contributed by atoms with E-state index in [-0.39, 0.29) is 0 Å². The van der Waals surface area contributed by atoms with Gasteiger partial charge in [0.1, 0.15) is 0 Å². The lowest BCUT2D eigenvalue weighted by Crippen LogP contribution is -2.11. The number of carboxylic acid groups (broad SMARTS) is 1. The van der Waals surface area contributed by atoms with Crippen LogP contribution in [-0.2, 0) is 6.54 Å². The Morgan fingerprint density at radius 3 is 2.88 bits per heavy atom. The summed E-state index contributed by atoms with van der Waals surface area (Å²) in [6.45, 7) is 0.466. The summed E-state index contributed by atoms with van der Waals surface area (Å²) in [4.78, 5) is 10.6. The number of nitrogen functional groups attached to an aromatic ring is 1. The minimum absolute atomic E-state index is 0.466. The molecule has 0 fully saturated rings. The third-order valence-electron chi connectivity index (χ3n) is 2.24. The van der Waals surface area contributed by atoms with Crippen LogP contribution >= 0.6 is 0 Å². The van der Waals surface area contributed by atoms with Gasteiger partial charge >= 0.3 is 6.09 Å². The fourth-order valence-electron chi connectivity index (χ4n) is 1.54. The Hall–Kier alpha value is -2.50. The zero-order valence-corrected chi connectivity index (χ0v) is 9.00. The zero-order chi connectivity index (χ0) is 12.3. The molecule has 0 saturated heterocycles. The number of aromatic nitrogens is 2. The van der Waals surface area contributed by atoms with E-state index in [4.69, 9.17) is 10.8 Å². The lowest BCUT2D eigenvalue weighted by molar-refractivity contribution is 0.209. The van der Waals surface area contributed by atoms with Crippen LogP contribution in [0.4, 0.5) is 16.2 Å². The molecule has 1 heterocycles. The number of amides is 1. The van der Waals surface area contributed by atoms with Gasteiger partial charge in [-0.15, -0.1) is 0 Å². The lowest BCUT2D eigenvalue weighted by atomic mass is 10.2. The standard InChI is InChI=1S/C11H12N4O2/c12-9-5-13-15(7-9)6-8-3-1-2-4-10(8)14-11(16)17/h1-5,7,14H,6,12H2,(H,16,17). The molecule has 0 radical (unpaired) electrons. The summed E-state index contributed by atoms with van der Waals surface area (Å²) >= 11 is 0. The summed E-state index contributed by atoms with van der Waals surface area (Å²) in [5, 5.41) is 15.1. The number of para-hydroxylation sites is 1. The Kier molecular flexibility index (Phi) is 2.95. The number of carbonyl (C=O) groups is 1. The van der Waals surface area contributed by atoms with Crippen molar-refractivity contribution >= 4 is 17.5 Å². The Balaban J connectivity index is 2.23. The van der Waals surface area contributed by atoms with Crippen molar-refractivity contribution < 1.29 is 9.90 Å². The van der Waals surface area contributed by atoms with Gasteiger partial charge in [-0.05, 0) is 11.6 Å². The molecule has 0 spiro atoms.